The van der Waals surface area contributed by atoms with Crippen molar-refractivity contribution in [1.29, 1.82) is 0 Å². The number of aliphatic hydroxyl groups is 1. The normalized spacial score (nSPS) is 17.6. The van der Waals surface area contributed by atoms with Crippen LogP contribution in [0.5, 0.6) is 0 Å². The van der Waals surface area contributed by atoms with Crippen molar-refractivity contribution in [3.05, 3.63) is 59.3 Å². The Labute approximate surface area is 218 Å². The average Bonchev–Trinajstić information content (AvgIpc) is 3.49. The molecule has 7 nitrogen and oxygen atoms in total. The maximum Gasteiger partial charge on any atom is 0.272 e. The minimum absolute atomic E-state index is 0.0153. The third kappa shape index (κ3) is 8.39. The summed E-state index contributed by atoms with van der Waals surface area (Å²) < 4.78 is 39.9. The molecule has 1 aliphatic carbocycles. The maximum absolute atomic E-state index is 14.5. The number of hydrogen-bond acceptors (Lipinski definition) is 7. The van der Waals surface area contributed by atoms with Crippen LogP contribution in [0.4, 0.5) is 8.78 Å². The fraction of sp³-hybridized carbons (Fsp3) is 0.536. The quantitative estimate of drug-likeness (QED) is 0.100. The van der Waals surface area contributed by atoms with Gasteiger partial charge in [0.1, 0.15) is 23.1 Å². The molecule has 2 rings (SSSR count). The van der Waals surface area contributed by atoms with Gasteiger partial charge in [-0.05, 0) is 85.7 Å². The van der Waals surface area contributed by atoms with Crippen molar-refractivity contribution in [1.82, 2.24) is 15.5 Å². The van der Waals surface area contributed by atoms with E-state index in [1.54, 1.807) is 20.8 Å². The van der Waals surface area contributed by atoms with Crippen molar-refractivity contribution in [2.75, 3.05) is 13.6 Å². The van der Waals surface area contributed by atoms with E-state index in [4.69, 9.17) is 15.7 Å². The minimum Gasteiger partial charge on any atom is -0.493 e. The Morgan fingerprint density at radius 2 is 2.08 bits per heavy atom. The van der Waals surface area contributed by atoms with Gasteiger partial charge in [0, 0.05) is 17.7 Å². The fourth-order valence-corrected chi connectivity index (χ4v) is 4.42. The predicted octanol–water partition coefficient (Wildman–Crippen LogP) is 6.23. The highest BCUT2D eigenvalue weighted by Crippen LogP contribution is 2.42. The van der Waals surface area contributed by atoms with E-state index < -0.39 is 17.1 Å². The molecule has 0 aliphatic heterocycles. The zero-order chi connectivity index (χ0) is 27.8. The molecule has 1 unspecified atom stereocenters. The van der Waals surface area contributed by atoms with E-state index in [1.165, 1.54) is 18.9 Å². The number of halogens is 2. The molecule has 1 fully saturated rings. The topological polar surface area (TPSA) is 92.8 Å². The Bertz CT molecular complexity index is 1120. The highest BCUT2D eigenvalue weighted by atomic mass is 19.1. The Morgan fingerprint density at radius 1 is 1.41 bits per heavy atom. The summed E-state index contributed by atoms with van der Waals surface area (Å²) in [5.41, 5.74) is -1.37. The highest BCUT2D eigenvalue weighted by Gasteiger charge is 2.36. The summed E-state index contributed by atoms with van der Waals surface area (Å²) in [5.74, 6) is 1.44. The number of allylic oxidation sites excluding steroid dienone is 5. The van der Waals surface area contributed by atoms with Crippen LogP contribution >= 0.6 is 0 Å². The van der Waals surface area contributed by atoms with Crippen LogP contribution < -0.4 is 5.32 Å². The first kappa shape index (κ1) is 30.0. The third-order valence-corrected chi connectivity index (χ3v) is 6.42. The van der Waals surface area contributed by atoms with Gasteiger partial charge in [0.15, 0.2) is 5.82 Å². The van der Waals surface area contributed by atoms with Crippen molar-refractivity contribution in [2.24, 2.45) is 16.8 Å². The van der Waals surface area contributed by atoms with Gasteiger partial charge in [0.25, 0.3) is 5.89 Å². The van der Waals surface area contributed by atoms with Gasteiger partial charge >= 0.3 is 0 Å². The molecule has 0 radical (unpaired) electrons. The molecule has 2 atom stereocenters. The molecule has 1 aromatic rings. The van der Waals surface area contributed by atoms with Crippen molar-refractivity contribution < 1.29 is 23.1 Å². The highest BCUT2D eigenvalue weighted by molar-refractivity contribution is 5.95. The molecule has 2 N–H and O–H groups in total. The standard InChI is InChI=1S/C28H38F2N4O3/c1-9-11-23(30)25(18(3)29)28(6,7)27-33-26(37-34-27)19(4)32-24(35)16-17(2)36-20(5)22(21-13-14-21)12-10-15-31-8/h1,11,16,20-22,31,35H,2,10,12-15H2,3-8H3/b23-11+,24-16+,25-18-,32-19?/t20-,22?/m0/s1. The number of ether oxygens (including phenoxy) is 1. The van der Waals surface area contributed by atoms with Crippen LogP contribution in [0.2, 0.25) is 0 Å². The molecule has 1 heterocycles. The first-order valence-electron chi connectivity index (χ1n) is 12.4. The lowest BCUT2D eigenvalue weighted by molar-refractivity contribution is 0.0706. The molecule has 0 bridgehead atoms. The molecule has 0 aromatic carbocycles. The largest absolute Gasteiger partial charge is 0.493 e. The van der Waals surface area contributed by atoms with Gasteiger partial charge in [-0.2, -0.15) is 4.98 Å². The number of terminal acetylenes is 1. The van der Waals surface area contributed by atoms with E-state index in [1.807, 2.05) is 19.9 Å². The van der Waals surface area contributed by atoms with E-state index in [9.17, 15) is 13.9 Å². The zero-order valence-electron chi connectivity index (χ0n) is 22.6. The zero-order valence-corrected chi connectivity index (χ0v) is 22.6. The molecule has 1 aromatic heterocycles. The summed E-state index contributed by atoms with van der Waals surface area (Å²) in [6.45, 7) is 12.7. The van der Waals surface area contributed by atoms with Gasteiger partial charge in [-0.1, -0.05) is 17.7 Å². The fourth-order valence-electron chi connectivity index (χ4n) is 4.42. The third-order valence-electron chi connectivity index (χ3n) is 6.42. The summed E-state index contributed by atoms with van der Waals surface area (Å²) in [6, 6.07) is 0. The molecule has 1 aliphatic rings. The lowest BCUT2D eigenvalue weighted by Gasteiger charge is -2.25. The van der Waals surface area contributed by atoms with E-state index in [0.717, 1.165) is 32.4 Å². The van der Waals surface area contributed by atoms with E-state index in [0.29, 0.717) is 11.8 Å². The smallest absolute Gasteiger partial charge is 0.272 e. The van der Waals surface area contributed by atoms with Crippen molar-refractivity contribution in [2.45, 2.75) is 71.8 Å². The minimum atomic E-state index is -1.29. The molecule has 37 heavy (non-hydrogen) atoms. The van der Waals surface area contributed by atoms with Gasteiger partial charge in [-0.3, -0.25) is 0 Å². The lowest BCUT2D eigenvalue weighted by Crippen LogP contribution is -2.24. The first-order valence-corrected chi connectivity index (χ1v) is 12.4. The monoisotopic (exact) mass is 516 g/mol. The molecular formula is C28H38F2N4O3. The number of nitrogens with zero attached hydrogens (tertiary/aromatic N) is 3. The Balaban J connectivity index is 2.13. The van der Waals surface area contributed by atoms with Crippen molar-refractivity contribution in [3.63, 3.8) is 0 Å². The van der Waals surface area contributed by atoms with Crippen LogP contribution in [-0.4, -0.2) is 40.7 Å². The number of rotatable bonds is 14. The Morgan fingerprint density at radius 3 is 2.65 bits per heavy atom. The molecule has 1 saturated carbocycles. The summed E-state index contributed by atoms with van der Waals surface area (Å²) in [6.07, 6.45) is 11.8. The van der Waals surface area contributed by atoms with Crippen LogP contribution in [0.3, 0.4) is 0 Å². The maximum atomic E-state index is 14.5. The second-order valence-corrected chi connectivity index (χ2v) is 9.85. The van der Waals surface area contributed by atoms with Crippen molar-refractivity contribution >= 4 is 5.71 Å². The van der Waals surface area contributed by atoms with E-state index in [-0.39, 0.29) is 40.7 Å². The molecule has 202 valence electrons. The van der Waals surface area contributed by atoms with E-state index >= 15 is 0 Å². The van der Waals surface area contributed by atoms with Crippen LogP contribution in [0, 0.1) is 24.2 Å². The second kappa shape index (κ2) is 13.3. The number of aliphatic hydroxyl groups excluding tert-OH is 1. The van der Waals surface area contributed by atoms with Gasteiger partial charge in [-0.15, -0.1) is 6.42 Å². The van der Waals surface area contributed by atoms with E-state index in [2.05, 4.69) is 27.0 Å². The van der Waals surface area contributed by atoms with Crippen molar-refractivity contribution in [3.8, 4) is 12.3 Å². The van der Waals surface area contributed by atoms with Crippen LogP contribution in [-0.2, 0) is 10.2 Å². The van der Waals surface area contributed by atoms with Gasteiger partial charge in [-0.25, -0.2) is 13.8 Å². The summed E-state index contributed by atoms with van der Waals surface area (Å²) in [5, 5.41) is 17.4. The number of hydrogen-bond donors (Lipinski definition) is 2. The summed E-state index contributed by atoms with van der Waals surface area (Å²) >= 11 is 0. The molecular weight excluding hydrogens is 478 g/mol. The molecule has 0 saturated heterocycles. The molecule has 9 heteroatoms. The number of aromatic nitrogens is 2. The first-order chi connectivity index (χ1) is 17.4. The summed E-state index contributed by atoms with van der Waals surface area (Å²) in [7, 11) is 1.94. The second-order valence-electron chi connectivity index (χ2n) is 9.85. The van der Waals surface area contributed by atoms with Gasteiger partial charge in [0.05, 0.1) is 11.5 Å². The Hall–Kier alpha value is -3.25. The number of nitrogens with one attached hydrogen (secondary N) is 1. The molecule has 0 spiro atoms. The average molecular weight is 517 g/mol. The van der Waals surface area contributed by atoms with Gasteiger partial charge in [0.2, 0.25) is 5.88 Å². The Kier molecular flexibility index (Phi) is 10.8. The summed E-state index contributed by atoms with van der Waals surface area (Å²) in [4.78, 5) is 8.32. The number of aliphatic imine (C=N–C) groups is 1. The predicted molar refractivity (Wildman–Crippen MR) is 141 cm³/mol. The van der Waals surface area contributed by atoms with Crippen LogP contribution in [0.1, 0.15) is 72.0 Å². The van der Waals surface area contributed by atoms with Crippen LogP contribution in [0.15, 0.2) is 57.1 Å². The van der Waals surface area contributed by atoms with Gasteiger partial charge < -0.3 is 19.7 Å². The van der Waals surface area contributed by atoms with Crippen LogP contribution in [0.25, 0.3) is 0 Å². The molecule has 0 amide bonds. The SMILES string of the molecule is C#C/C=C(F)\C(=C(/C)F)C(C)(C)c1noc(C(C)=N/C(O)=C\C(=C)O[C@@H](C)C(CCCNC)C2CC2)n1. The lowest BCUT2D eigenvalue weighted by atomic mass is 9.82.